The zero-order chi connectivity index (χ0) is 26.0. The maximum absolute atomic E-state index is 13.3. The molecule has 3 amide bonds. The zero-order valence-electron chi connectivity index (χ0n) is 21.9. The third-order valence-electron chi connectivity index (χ3n) is 6.27. The molecule has 36 heavy (non-hydrogen) atoms. The Balaban J connectivity index is 1.49. The molecular formula is C25H36N8O3. The number of likely N-dealkylation sites (N-methyl/N-ethyl adjacent to an activating group) is 1. The van der Waals surface area contributed by atoms with Crippen molar-refractivity contribution in [3.63, 3.8) is 0 Å². The largest absolute Gasteiger partial charge is 0.443 e. The van der Waals surface area contributed by atoms with Gasteiger partial charge in [0.25, 0.3) is 0 Å². The van der Waals surface area contributed by atoms with E-state index in [4.69, 9.17) is 4.74 Å². The summed E-state index contributed by atoms with van der Waals surface area (Å²) in [6.07, 6.45) is 2.77. The smallest absolute Gasteiger partial charge is 0.418 e. The first-order valence-electron chi connectivity index (χ1n) is 12.3. The average Bonchev–Trinajstić information content (AvgIpc) is 3.17. The van der Waals surface area contributed by atoms with Crippen LogP contribution < -0.4 is 15.1 Å². The van der Waals surface area contributed by atoms with Crippen molar-refractivity contribution in [3.8, 4) is 0 Å². The Morgan fingerprint density at radius 2 is 1.83 bits per heavy atom. The van der Waals surface area contributed by atoms with Crippen LogP contribution in [0.1, 0.15) is 34.6 Å². The lowest BCUT2D eigenvalue weighted by atomic mass is 10.0. The van der Waals surface area contributed by atoms with Crippen molar-refractivity contribution in [2.45, 2.75) is 46.3 Å². The molecule has 0 bridgehead atoms. The monoisotopic (exact) mass is 496 g/mol. The summed E-state index contributed by atoms with van der Waals surface area (Å²) in [6, 6.07) is 4.89. The molecule has 4 heterocycles. The van der Waals surface area contributed by atoms with Gasteiger partial charge in [0, 0.05) is 32.4 Å². The predicted octanol–water partition coefficient (Wildman–Crippen LogP) is 3.57. The third kappa shape index (κ3) is 5.84. The molecular weight excluding hydrogens is 460 g/mol. The van der Waals surface area contributed by atoms with Crippen LogP contribution in [-0.4, -0.2) is 88.3 Å². The quantitative estimate of drug-likeness (QED) is 0.665. The van der Waals surface area contributed by atoms with Gasteiger partial charge in [0.1, 0.15) is 17.2 Å². The number of carbonyl (C=O) groups excluding carboxylic acids is 2. The number of hydrogen-bond acceptors (Lipinski definition) is 9. The van der Waals surface area contributed by atoms with Crippen molar-refractivity contribution in [1.29, 1.82) is 0 Å². The maximum atomic E-state index is 13.3. The van der Waals surface area contributed by atoms with Crippen molar-refractivity contribution in [1.82, 2.24) is 24.8 Å². The molecule has 2 aromatic rings. The molecule has 0 unspecified atom stereocenters. The number of carbonyl (C=O) groups is 2. The van der Waals surface area contributed by atoms with Crippen molar-refractivity contribution in [2.24, 2.45) is 5.92 Å². The lowest BCUT2D eigenvalue weighted by Gasteiger charge is -2.33. The van der Waals surface area contributed by atoms with Crippen LogP contribution in [-0.2, 0) is 4.74 Å². The van der Waals surface area contributed by atoms with E-state index in [0.717, 1.165) is 36.8 Å². The van der Waals surface area contributed by atoms with Gasteiger partial charge in [0.2, 0.25) is 5.95 Å². The second-order valence-corrected chi connectivity index (χ2v) is 10.6. The molecule has 0 radical (unpaired) electrons. The molecule has 4 rings (SSSR count). The Bertz CT molecular complexity index is 1080. The standard InChI is InChI=1S/C25H36N8O3/c1-17(2)19-16-32(24(35)36-25(3,4)5)23(34)33(19)21-9-10-26-22(29-21)28-20-8-7-18(15-27-20)31-13-11-30(6)12-14-31/h7-10,15,17,19H,11-14,16H2,1-6H3,(H,26,27,28,29)/t19-/m1/s1. The first-order chi connectivity index (χ1) is 17.0. The van der Waals surface area contributed by atoms with Gasteiger partial charge in [-0.2, -0.15) is 4.98 Å². The number of rotatable bonds is 5. The molecule has 0 aromatic carbocycles. The van der Waals surface area contributed by atoms with Crippen molar-refractivity contribution in [2.75, 3.05) is 54.9 Å². The molecule has 2 saturated heterocycles. The second kappa shape index (κ2) is 10.3. The molecule has 2 aliphatic rings. The summed E-state index contributed by atoms with van der Waals surface area (Å²) in [7, 11) is 2.13. The van der Waals surface area contributed by atoms with Crippen LogP contribution in [0.25, 0.3) is 0 Å². The number of amides is 3. The normalized spacial score (nSPS) is 19.2. The Morgan fingerprint density at radius 1 is 1.11 bits per heavy atom. The average molecular weight is 497 g/mol. The Morgan fingerprint density at radius 3 is 2.44 bits per heavy atom. The van der Waals surface area contributed by atoms with Crippen molar-refractivity contribution < 1.29 is 14.3 Å². The van der Waals surface area contributed by atoms with Crippen LogP contribution in [0.3, 0.4) is 0 Å². The van der Waals surface area contributed by atoms with Crippen LogP contribution >= 0.6 is 0 Å². The summed E-state index contributed by atoms with van der Waals surface area (Å²) < 4.78 is 5.45. The highest BCUT2D eigenvalue weighted by Crippen LogP contribution is 2.29. The number of pyridine rings is 1. The third-order valence-corrected chi connectivity index (χ3v) is 6.27. The molecule has 0 saturated carbocycles. The van der Waals surface area contributed by atoms with Gasteiger partial charge in [-0.1, -0.05) is 13.8 Å². The fourth-order valence-corrected chi connectivity index (χ4v) is 4.24. The second-order valence-electron chi connectivity index (χ2n) is 10.6. The van der Waals surface area contributed by atoms with Gasteiger partial charge in [-0.25, -0.2) is 24.5 Å². The minimum absolute atomic E-state index is 0.0940. The minimum Gasteiger partial charge on any atom is -0.443 e. The van der Waals surface area contributed by atoms with Crippen LogP contribution in [0.15, 0.2) is 30.6 Å². The van der Waals surface area contributed by atoms with Gasteiger partial charge in [0.15, 0.2) is 0 Å². The first kappa shape index (κ1) is 25.6. The van der Waals surface area contributed by atoms with E-state index >= 15 is 0 Å². The lowest BCUT2D eigenvalue weighted by Crippen LogP contribution is -2.44. The van der Waals surface area contributed by atoms with E-state index in [9.17, 15) is 9.59 Å². The number of urea groups is 1. The van der Waals surface area contributed by atoms with Gasteiger partial charge in [-0.3, -0.25) is 4.90 Å². The van der Waals surface area contributed by atoms with E-state index in [1.807, 2.05) is 32.2 Å². The highest BCUT2D eigenvalue weighted by atomic mass is 16.6. The van der Waals surface area contributed by atoms with E-state index in [1.54, 1.807) is 37.9 Å². The van der Waals surface area contributed by atoms with E-state index in [0.29, 0.717) is 17.6 Å². The first-order valence-corrected chi connectivity index (χ1v) is 12.3. The van der Waals surface area contributed by atoms with Crippen molar-refractivity contribution in [3.05, 3.63) is 30.6 Å². The zero-order valence-corrected chi connectivity index (χ0v) is 21.9. The molecule has 1 atom stereocenters. The summed E-state index contributed by atoms with van der Waals surface area (Å²) in [4.78, 5) is 46.7. The topological polar surface area (TPSA) is 107 Å². The molecule has 194 valence electrons. The van der Waals surface area contributed by atoms with E-state index in [2.05, 4.69) is 37.1 Å². The fourth-order valence-electron chi connectivity index (χ4n) is 4.24. The number of piperazine rings is 1. The summed E-state index contributed by atoms with van der Waals surface area (Å²) in [5.41, 5.74) is 0.379. The Kier molecular flexibility index (Phi) is 7.30. The number of imide groups is 1. The molecule has 1 N–H and O–H groups in total. The molecule has 2 aliphatic heterocycles. The van der Waals surface area contributed by atoms with Gasteiger partial charge < -0.3 is 19.9 Å². The van der Waals surface area contributed by atoms with Crippen LogP contribution in [0.5, 0.6) is 0 Å². The molecule has 0 aliphatic carbocycles. The van der Waals surface area contributed by atoms with Crippen molar-refractivity contribution >= 4 is 35.4 Å². The highest BCUT2D eigenvalue weighted by molar-refractivity contribution is 6.03. The number of hydrogen-bond donors (Lipinski definition) is 1. The molecule has 2 fully saturated rings. The van der Waals surface area contributed by atoms with Crippen LogP contribution in [0.2, 0.25) is 0 Å². The number of anilines is 4. The SMILES string of the molecule is CC(C)[C@H]1CN(C(=O)OC(C)(C)C)C(=O)N1c1ccnc(Nc2ccc(N3CCN(C)CC3)cn2)n1. The number of nitrogens with one attached hydrogen (secondary N) is 1. The van der Waals surface area contributed by atoms with Gasteiger partial charge in [-0.05, 0) is 51.9 Å². The Labute approximate surface area is 212 Å². The summed E-state index contributed by atoms with van der Waals surface area (Å²) in [5, 5.41) is 3.13. The van der Waals surface area contributed by atoms with Gasteiger partial charge in [0.05, 0.1) is 24.5 Å². The molecule has 2 aromatic heterocycles. The molecule has 0 spiro atoms. The highest BCUT2D eigenvalue weighted by Gasteiger charge is 2.45. The summed E-state index contributed by atoms with van der Waals surface area (Å²) in [5.74, 6) is 1.43. The fraction of sp³-hybridized carbons (Fsp3) is 0.560. The van der Waals surface area contributed by atoms with E-state index in [-0.39, 0.29) is 18.5 Å². The van der Waals surface area contributed by atoms with Crippen LogP contribution in [0, 0.1) is 5.92 Å². The summed E-state index contributed by atoms with van der Waals surface area (Å²) in [6.45, 7) is 13.6. The number of nitrogens with zero attached hydrogens (tertiary/aromatic N) is 7. The molecule has 11 heteroatoms. The van der Waals surface area contributed by atoms with Gasteiger partial charge >= 0.3 is 12.1 Å². The van der Waals surface area contributed by atoms with Crippen LogP contribution in [0.4, 0.5) is 32.9 Å². The van der Waals surface area contributed by atoms with E-state index < -0.39 is 17.7 Å². The summed E-state index contributed by atoms with van der Waals surface area (Å²) >= 11 is 0. The Hall–Kier alpha value is -3.47. The lowest BCUT2D eigenvalue weighted by molar-refractivity contribution is 0.0347. The van der Waals surface area contributed by atoms with E-state index in [1.165, 1.54) is 0 Å². The minimum atomic E-state index is -0.697. The number of ether oxygens (including phenoxy) is 1. The maximum Gasteiger partial charge on any atom is 0.418 e. The molecule has 11 nitrogen and oxygen atoms in total. The van der Waals surface area contributed by atoms with Gasteiger partial charge in [-0.15, -0.1) is 0 Å². The predicted molar refractivity (Wildman–Crippen MR) is 139 cm³/mol. The number of aromatic nitrogens is 3.